The Labute approximate surface area is 155 Å². The van der Waals surface area contributed by atoms with E-state index in [0.717, 1.165) is 4.90 Å². The number of carbonyl (C=O) groups is 2. The van der Waals surface area contributed by atoms with Gasteiger partial charge in [0.15, 0.2) is 0 Å². The summed E-state index contributed by atoms with van der Waals surface area (Å²) in [5.74, 6) is -0.0923. The van der Waals surface area contributed by atoms with Gasteiger partial charge in [-0.05, 0) is 42.5 Å². The molecule has 0 saturated heterocycles. The molecule has 26 heavy (non-hydrogen) atoms. The molecule has 2 aromatic rings. The minimum Gasteiger partial charge on any atom is -0.492 e. The van der Waals surface area contributed by atoms with Gasteiger partial charge in [0.25, 0.3) is 11.8 Å². The van der Waals surface area contributed by atoms with Crippen molar-refractivity contribution in [2.24, 2.45) is 0 Å². The average Bonchev–Trinajstić information content (AvgIpc) is 2.88. The zero-order valence-electron chi connectivity index (χ0n) is 14.5. The number of hydrogen-bond donors (Lipinski definition) is 0. The quantitative estimate of drug-likeness (QED) is 0.712. The molecule has 0 aliphatic carbocycles. The summed E-state index contributed by atoms with van der Waals surface area (Å²) in [5, 5.41) is 0. The zero-order chi connectivity index (χ0) is 18.7. The molecule has 0 radical (unpaired) electrons. The van der Waals surface area contributed by atoms with Crippen molar-refractivity contribution in [2.45, 2.75) is 13.8 Å². The molecule has 2 amide bonds. The Hall–Kier alpha value is -2.60. The van der Waals surface area contributed by atoms with E-state index in [1.54, 1.807) is 24.3 Å². The summed E-state index contributed by atoms with van der Waals surface area (Å²) in [5.41, 5.74) is 1.24. The molecule has 0 bridgehead atoms. The van der Waals surface area contributed by atoms with Gasteiger partial charge in [-0.2, -0.15) is 0 Å². The van der Waals surface area contributed by atoms with Crippen molar-refractivity contribution in [1.82, 2.24) is 0 Å². The predicted octanol–water partition coefficient (Wildman–Crippen LogP) is 4.26. The van der Waals surface area contributed by atoms with Crippen molar-refractivity contribution < 1.29 is 18.7 Å². The molecule has 0 spiro atoms. The highest BCUT2D eigenvalue weighted by Crippen LogP contribution is 2.41. The largest absolute Gasteiger partial charge is 0.492 e. The van der Waals surface area contributed by atoms with Gasteiger partial charge in [-0.1, -0.05) is 31.2 Å². The first-order valence-electron chi connectivity index (χ1n) is 8.32. The van der Waals surface area contributed by atoms with Gasteiger partial charge < -0.3 is 4.74 Å². The van der Waals surface area contributed by atoms with Crippen molar-refractivity contribution in [3.8, 4) is 5.75 Å². The molecule has 6 heteroatoms. The Morgan fingerprint density at radius 1 is 1.00 bits per heavy atom. The standard InChI is InChI=1S/C20H18FNO3S/c1-3-25-16-8-6-5-7-15(16)22-19(23)17(18(20(22)24)26-4-2)13-9-11-14(21)12-10-13/h5-12H,3-4H2,1-2H3. The third-order valence-electron chi connectivity index (χ3n) is 3.87. The van der Waals surface area contributed by atoms with Crippen molar-refractivity contribution in [3.05, 3.63) is 64.8 Å². The maximum absolute atomic E-state index is 13.3. The van der Waals surface area contributed by atoms with Gasteiger partial charge in [-0.15, -0.1) is 11.8 Å². The van der Waals surface area contributed by atoms with Crippen LogP contribution in [-0.2, 0) is 9.59 Å². The van der Waals surface area contributed by atoms with Gasteiger partial charge in [-0.3, -0.25) is 9.59 Å². The van der Waals surface area contributed by atoms with Crippen LogP contribution >= 0.6 is 11.8 Å². The fraction of sp³-hybridized carbons (Fsp3) is 0.200. The number of rotatable bonds is 6. The number of nitrogens with zero attached hydrogens (tertiary/aromatic N) is 1. The number of benzene rings is 2. The van der Waals surface area contributed by atoms with E-state index >= 15 is 0 Å². The van der Waals surface area contributed by atoms with Crippen LogP contribution in [-0.4, -0.2) is 24.2 Å². The van der Waals surface area contributed by atoms with Crippen molar-refractivity contribution in [2.75, 3.05) is 17.3 Å². The molecular weight excluding hydrogens is 353 g/mol. The van der Waals surface area contributed by atoms with Crippen LogP contribution in [0, 0.1) is 5.82 Å². The number of imide groups is 1. The van der Waals surface area contributed by atoms with Crippen LogP contribution in [0.3, 0.4) is 0 Å². The summed E-state index contributed by atoms with van der Waals surface area (Å²) < 4.78 is 18.8. The molecule has 4 nitrogen and oxygen atoms in total. The maximum Gasteiger partial charge on any atom is 0.272 e. The van der Waals surface area contributed by atoms with Crippen molar-refractivity contribution in [3.63, 3.8) is 0 Å². The van der Waals surface area contributed by atoms with Crippen LogP contribution in [0.2, 0.25) is 0 Å². The predicted molar refractivity (Wildman–Crippen MR) is 102 cm³/mol. The monoisotopic (exact) mass is 371 g/mol. The summed E-state index contributed by atoms with van der Waals surface area (Å²) in [7, 11) is 0. The lowest BCUT2D eigenvalue weighted by molar-refractivity contribution is -0.119. The summed E-state index contributed by atoms with van der Waals surface area (Å²) in [6, 6.07) is 12.5. The van der Waals surface area contributed by atoms with E-state index in [1.165, 1.54) is 36.0 Å². The third-order valence-corrected chi connectivity index (χ3v) is 4.83. The smallest absolute Gasteiger partial charge is 0.272 e. The van der Waals surface area contributed by atoms with Gasteiger partial charge in [0.1, 0.15) is 11.6 Å². The molecule has 1 aliphatic rings. The molecule has 0 N–H and O–H groups in total. The fourth-order valence-corrected chi connectivity index (χ4v) is 3.65. The number of amides is 2. The van der Waals surface area contributed by atoms with Gasteiger partial charge >= 0.3 is 0 Å². The van der Waals surface area contributed by atoms with E-state index < -0.39 is 11.7 Å². The Balaban J connectivity index is 2.09. The second kappa shape index (κ2) is 7.74. The Morgan fingerprint density at radius 3 is 2.35 bits per heavy atom. The van der Waals surface area contributed by atoms with Crippen LogP contribution in [0.1, 0.15) is 19.4 Å². The normalized spacial score (nSPS) is 14.3. The highest BCUT2D eigenvalue weighted by atomic mass is 32.2. The van der Waals surface area contributed by atoms with Gasteiger partial charge in [-0.25, -0.2) is 9.29 Å². The Morgan fingerprint density at radius 2 is 1.69 bits per heavy atom. The van der Waals surface area contributed by atoms with Crippen LogP contribution in [0.5, 0.6) is 5.75 Å². The molecule has 0 unspecified atom stereocenters. The number of ether oxygens (including phenoxy) is 1. The van der Waals surface area contributed by atoms with E-state index in [1.807, 2.05) is 13.8 Å². The van der Waals surface area contributed by atoms with Crippen LogP contribution in [0.4, 0.5) is 10.1 Å². The lowest BCUT2D eigenvalue weighted by Gasteiger charge is -2.18. The highest BCUT2D eigenvalue weighted by Gasteiger charge is 2.41. The minimum absolute atomic E-state index is 0.299. The molecule has 1 aliphatic heterocycles. The first-order valence-corrected chi connectivity index (χ1v) is 9.30. The Bertz CT molecular complexity index is 877. The fourth-order valence-electron chi connectivity index (χ4n) is 2.80. The van der Waals surface area contributed by atoms with Crippen LogP contribution in [0.15, 0.2) is 53.4 Å². The summed E-state index contributed by atoms with van der Waals surface area (Å²) in [4.78, 5) is 27.6. The molecule has 134 valence electrons. The van der Waals surface area contributed by atoms with E-state index in [0.29, 0.717) is 39.8 Å². The third kappa shape index (κ3) is 3.24. The first kappa shape index (κ1) is 18.2. The summed E-state index contributed by atoms with van der Waals surface area (Å²) in [6.45, 7) is 4.17. The zero-order valence-corrected chi connectivity index (χ0v) is 15.3. The van der Waals surface area contributed by atoms with Gasteiger partial charge in [0.05, 0.1) is 22.8 Å². The second-order valence-electron chi connectivity index (χ2n) is 5.49. The van der Waals surface area contributed by atoms with E-state index in [-0.39, 0.29) is 5.91 Å². The van der Waals surface area contributed by atoms with Crippen molar-refractivity contribution >= 4 is 34.8 Å². The first-order chi connectivity index (χ1) is 12.6. The van der Waals surface area contributed by atoms with Crippen molar-refractivity contribution in [1.29, 1.82) is 0 Å². The number of halogens is 1. The van der Waals surface area contributed by atoms with Gasteiger partial charge in [0.2, 0.25) is 0 Å². The molecule has 0 atom stereocenters. The molecule has 0 fully saturated rings. The number of anilines is 1. The second-order valence-corrected chi connectivity index (χ2v) is 6.76. The number of hydrogen-bond acceptors (Lipinski definition) is 4. The van der Waals surface area contributed by atoms with Gasteiger partial charge in [0, 0.05) is 0 Å². The summed E-state index contributed by atoms with van der Waals surface area (Å²) in [6.07, 6.45) is 0. The molecule has 2 aromatic carbocycles. The van der Waals surface area contributed by atoms with E-state index in [4.69, 9.17) is 4.74 Å². The molecule has 3 rings (SSSR count). The van der Waals surface area contributed by atoms with E-state index in [9.17, 15) is 14.0 Å². The summed E-state index contributed by atoms with van der Waals surface area (Å²) >= 11 is 1.31. The number of para-hydroxylation sites is 2. The molecule has 1 heterocycles. The maximum atomic E-state index is 13.3. The Kier molecular flexibility index (Phi) is 5.42. The van der Waals surface area contributed by atoms with E-state index in [2.05, 4.69) is 0 Å². The lowest BCUT2D eigenvalue weighted by Crippen LogP contribution is -2.31. The van der Waals surface area contributed by atoms with Crippen LogP contribution in [0.25, 0.3) is 5.57 Å². The highest BCUT2D eigenvalue weighted by molar-refractivity contribution is 8.04. The molecule has 0 aromatic heterocycles. The minimum atomic E-state index is -0.426. The van der Waals surface area contributed by atoms with Crippen LogP contribution < -0.4 is 9.64 Å². The average molecular weight is 371 g/mol. The molecular formula is C20H18FNO3S. The number of carbonyl (C=O) groups excluding carboxylic acids is 2. The molecule has 0 saturated carbocycles. The lowest BCUT2D eigenvalue weighted by atomic mass is 10.1. The number of thioether (sulfide) groups is 1. The topological polar surface area (TPSA) is 46.6 Å². The SMILES string of the molecule is CCOc1ccccc1N1C(=O)C(SCC)=C(c2ccc(F)cc2)C1=O.